The minimum Gasteiger partial charge on any atom is -0.488 e. The summed E-state index contributed by atoms with van der Waals surface area (Å²) in [5.74, 6) is -1.25. The van der Waals surface area contributed by atoms with Gasteiger partial charge in [-0.2, -0.15) is 0 Å². The number of aliphatic hydroxyl groups excluding tert-OH is 1. The zero-order valence-electron chi connectivity index (χ0n) is 24.0. The highest BCUT2D eigenvalue weighted by Gasteiger charge is 2.32. The van der Waals surface area contributed by atoms with Crippen LogP contribution in [-0.2, 0) is 21.2 Å². The van der Waals surface area contributed by atoms with Crippen LogP contribution < -0.4 is 14.8 Å². The summed E-state index contributed by atoms with van der Waals surface area (Å²) in [6.07, 6.45) is -0.740. The molecule has 13 heteroatoms. The summed E-state index contributed by atoms with van der Waals surface area (Å²) in [7, 11) is -2.47. The summed E-state index contributed by atoms with van der Waals surface area (Å²) >= 11 is 0. The number of nitrogens with one attached hydrogen (secondary N) is 2. The van der Waals surface area contributed by atoms with Crippen molar-refractivity contribution >= 4 is 33.3 Å². The molecule has 1 aliphatic heterocycles. The quantitative estimate of drug-likeness (QED) is 0.350. The summed E-state index contributed by atoms with van der Waals surface area (Å²) < 4.78 is 61.2. The number of nitrogens with zero attached hydrogens (tertiary/aromatic N) is 2. The molecule has 0 spiro atoms. The Labute approximate surface area is 249 Å². The van der Waals surface area contributed by atoms with Crippen LogP contribution in [0, 0.1) is 17.6 Å². The molecule has 3 aromatic rings. The highest BCUT2D eigenvalue weighted by atomic mass is 32.2. The van der Waals surface area contributed by atoms with Gasteiger partial charge >= 0.3 is 6.03 Å². The predicted octanol–water partition coefficient (Wildman–Crippen LogP) is 4.08. The number of sulfonamides is 1. The Bertz CT molecular complexity index is 1550. The first-order chi connectivity index (χ1) is 20.4. The number of aliphatic hydroxyl groups is 1. The van der Waals surface area contributed by atoms with Gasteiger partial charge in [-0.3, -0.25) is 9.52 Å². The Balaban J connectivity index is 1.61. The van der Waals surface area contributed by atoms with Crippen LogP contribution in [0.4, 0.5) is 25.0 Å². The van der Waals surface area contributed by atoms with Crippen LogP contribution in [0.15, 0.2) is 71.6 Å². The Morgan fingerprint density at radius 2 is 1.67 bits per heavy atom. The number of anilines is 2. The first-order valence-corrected chi connectivity index (χ1v) is 15.1. The number of ether oxygens (including phenoxy) is 1. The molecule has 43 heavy (non-hydrogen) atoms. The van der Waals surface area contributed by atoms with Crippen LogP contribution in [0.5, 0.6) is 5.75 Å². The van der Waals surface area contributed by atoms with Crippen LogP contribution in [0.3, 0.4) is 0 Å². The zero-order chi connectivity index (χ0) is 31.3. The van der Waals surface area contributed by atoms with Crippen molar-refractivity contribution in [1.29, 1.82) is 0 Å². The highest BCUT2D eigenvalue weighted by molar-refractivity contribution is 7.92. The second-order valence-corrected chi connectivity index (χ2v) is 12.3. The van der Waals surface area contributed by atoms with E-state index in [4.69, 9.17) is 4.74 Å². The van der Waals surface area contributed by atoms with Crippen molar-refractivity contribution in [2.24, 2.45) is 5.92 Å². The molecule has 3 N–H and O–H groups in total. The molecule has 230 valence electrons. The molecular weight excluding hydrogens is 582 g/mol. The Hall–Kier alpha value is -4.23. The number of hydrogen-bond acceptors (Lipinski definition) is 6. The van der Waals surface area contributed by atoms with Crippen LogP contribution in [0.25, 0.3) is 0 Å². The zero-order valence-corrected chi connectivity index (χ0v) is 24.8. The average molecular weight is 617 g/mol. The second kappa shape index (κ2) is 13.4. The van der Waals surface area contributed by atoms with E-state index in [1.807, 2.05) is 6.92 Å². The van der Waals surface area contributed by atoms with Crippen molar-refractivity contribution in [2.75, 3.05) is 36.8 Å². The lowest BCUT2D eigenvalue weighted by Crippen LogP contribution is -2.48. The number of urea groups is 1. The van der Waals surface area contributed by atoms with Gasteiger partial charge in [-0.1, -0.05) is 6.92 Å². The topological polar surface area (TPSA) is 128 Å². The molecule has 0 radical (unpaired) electrons. The van der Waals surface area contributed by atoms with E-state index < -0.39 is 39.8 Å². The number of carbonyl (C=O) groups excluding carboxylic acids is 2. The second-order valence-electron chi connectivity index (χ2n) is 10.6. The van der Waals surface area contributed by atoms with E-state index in [-0.39, 0.29) is 48.5 Å². The number of rotatable bonds is 8. The molecule has 0 bridgehead atoms. The van der Waals surface area contributed by atoms with Gasteiger partial charge in [0.25, 0.3) is 10.0 Å². The summed E-state index contributed by atoms with van der Waals surface area (Å²) in [5.41, 5.74) is 0.981. The van der Waals surface area contributed by atoms with Crippen molar-refractivity contribution in [3.8, 4) is 5.75 Å². The molecule has 0 unspecified atom stereocenters. The van der Waals surface area contributed by atoms with E-state index in [2.05, 4.69) is 10.0 Å². The molecule has 3 amide bonds. The predicted molar refractivity (Wildman–Crippen MR) is 157 cm³/mol. The van der Waals surface area contributed by atoms with E-state index in [0.717, 1.165) is 24.3 Å². The van der Waals surface area contributed by atoms with Gasteiger partial charge in [-0.25, -0.2) is 22.0 Å². The molecule has 3 atom stereocenters. The summed E-state index contributed by atoms with van der Waals surface area (Å²) in [4.78, 5) is 29.2. The maximum Gasteiger partial charge on any atom is 0.321 e. The molecule has 0 aliphatic carbocycles. The Morgan fingerprint density at radius 3 is 2.30 bits per heavy atom. The number of halogens is 2. The molecule has 0 aromatic heterocycles. The van der Waals surface area contributed by atoms with Crippen LogP contribution >= 0.6 is 0 Å². The SMILES string of the molecule is C[C@H](CO)N1C[C@H](C)[C@H](CN(C)C(=O)Nc2ccc(F)cc2)Oc2ccc(NS(=O)(=O)c3ccc(F)cc3)cc2CC1=O. The van der Waals surface area contributed by atoms with Gasteiger partial charge in [0.15, 0.2) is 0 Å². The van der Waals surface area contributed by atoms with Crippen molar-refractivity contribution < 1.29 is 36.6 Å². The Morgan fingerprint density at radius 1 is 1.07 bits per heavy atom. The smallest absolute Gasteiger partial charge is 0.321 e. The maximum atomic E-state index is 13.4. The monoisotopic (exact) mass is 616 g/mol. The van der Waals surface area contributed by atoms with Gasteiger partial charge in [0.05, 0.1) is 30.5 Å². The summed E-state index contributed by atoms with van der Waals surface area (Å²) in [6, 6.07) is 13.3. The largest absolute Gasteiger partial charge is 0.488 e. The molecular formula is C30H34F2N4O6S. The van der Waals surface area contributed by atoms with Crippen molar-refractivity contribution in [2.45, 2.75) is 37.3 Å². The van der Waals surface area contributed by atoms with E-state index >= 15 is 0 Å². The molecule has 0 saturated carbocycles. The van der Waals surface area contributed by atoms with Crippen LogP contribution in [-0.4, -0.2) is 74.2 Å². The fourth-order valence-corrected chi connectivity index (χ4v) is 5.69. The van der Waals surface area contributed by atoms with E-state index in [0.29, 0.717) is 17.0 Å². The minimum atomic E-state index is -4.05. The summed E-state index contributed by atoms with van der Waals surface area (Å²) in [5, 5.41) is 12.6. The maximum absolute atomic E-state index is 13.4. The van der Waals surface area contributed by atoms with Gasteiger partial charge in [-0.15, -0.1) is 0 Å². The third-order valence-electron chi connectivity index (χ3n) is 7.19. The normalized spacial score (nSPS) is 17.9. The van der Waals surface area contributed by atoms with Gasteiger partial charge in [-0.05, 0) is 73.7 Å². The van der Waals surface area contributed by atoms with Gasteiger partial charge in [0.2, 0.25) is 5.91 Å². The fourth-order valence-electron chi connectivity index (χ4n) is 4.64. The molecule has 3 aromatic carbocycles. The number of amides is 3. The van der Waals surface area contributed by atoms with E-state index in [9.17, 15) is 31.9 Å². The van der Waals surface area contributed by atoms with Crippen molar-refractivity contribution in [3.63, 3.8) is 0 Å². The first-order valence-electron chi connectivity index (χ1n) is 13.6. The highest BCUT2D eigenvalue weighted by Crippen LogP contribution is 2.30. The van der Waals surface area contributed by atoms with Crippen molar-refractivity contribution in [1.82, 2.24) is 9.80 Å². The van der Waals surface area contributed by atoms with E-state index in [1.54, 1.807) is 24.9 Å². The number of fused-ring (bicyclic) bond motifs is 1. The molecule has 0 fully saturated rings. The Kier molecular flexibility index (Phi) is 9.87. The number of carbonyl (C=O) groups is 2. The van der Waals surface area contributed by atoms with Gasteiger partial charge in [0.1, 0.15) is 23.5 Å². The average Bonchev–Trinajstić information content (AvgIpc) is 3.01. The lowest BCUT2D eigenvalue weighted by atomic mass is 10.0. The van der Waals surface area contributed by atoms with Crippen LogP contribution in [0.1, 0.15) is 19.4 Å². The summed E-state index contributed by atoms with van der Waals surface area (Å²) in [6.45, 7) is 3.67. The van der Waals surface area contributed by atoms with Gasteiger partial charge < -0.3 is 25.0 Å². The fraction of sp³-hybridized carbons (Fsp3) is 0.333. The lowest BCUT2D eigenvalue weighted by Gasteiger charge is -2.34. The number of benzene rings is 3. The molecule has 1 aliphatic rings. The standard InChI is InChI=1S/C30H34F2N4O6S/c1-19-16-36(20(2)18-37)29(38)15-21-14-25(34-43(40,41)26-11-6-23(32)7-12-26)10-13-27(21)42-28(19)17-35(3)30(39)33-24-8-4-22(31)5-9-24/h4-14,19-20,28,34,37H,15-18H2,1-3H3,(H,33,39)/t19-,20+,28-/m0/s1. The third kappa shape index (κ3) is 7.99. The van der Waals surface area contributed by atoms with Crippen molar-refractivity contribution in [3.05, 3.63) is 83.9 Å². The minimum absolute atomic E-state index is 0.113. The molecule has 10 nitrogen and oxygen atoms in total. The molecule has 0 saturated heterocycles. The van der Waals surface area contributed by atoms with Gasteiger partial charge in [0, 0.05) is 36.4 Å². The van der Waals surface area contributed by atoms with Crippen LogP contribution in [0.2, 0.25) is 0 Å². The number of hydrogen-bond donors (Lipinski definition) is 3. The van der Waals surface area contributed by atoms with E-state index in [1.165, 1.54) is 41.3 Å². The molecule has 4 rings (SSSR count). The number of likely N-dealkylation sites (N-methyl/N-ethyl adjacent to an activating group) is 1. The third-order valence-corrected chi connectivity index (χ3v) is 8.59. The first kappa shape index (κ1) is 31.7. The lowest BCUT2D eigenvalue weighted by molar-refractivity contribution is -0.134. The molecule has 1 heterocycles.